The van der Waals surface area contributed by atoms with Crippen molar-refractivity contribution in [3.8, 4) is 0 Å². The van der Waals surface area contributed by atoms with Gasteiger partial charge in [0.15, 0.2) is 0 Å². The molecule has 2 aromatic carbocycles. The summed E-state index contributed by atoms with van der Waals surface area (Å²) in [6.07, 6.45) is 0. The van der Waals surface area contributed by atoms with E-state index in [0.29, 0.717) is 0 Å². The van der Waals surface area contributed by atoms with Crippen LogP contribution in [-0.2, 0) is 16.6 Å². The van der Waals surface area contributed by atoms with Crippen LogP contribution < -0.4 is 4.90 Å². The average molecular weight is 322 g/mol. The molecule has 0 aliphatic carbocycles. The van der Waals surface area contributed by atoms with Crippen molar-refractivity contribution < 1.29 is 12.8 Å². The number of hydrogen-bond acceptors (Lipinski definition) is 3. The van der Waals surface area contributed by atoms with Gasteiger partial charge in [0.05, 0.1) is 4.90 Å². The number of halogens is 1. The van der Waals surface area contributed by atoms with Crippen molar-refractivity contribution in [1.29, 1.82) is 0 Å². The summed E-state index contributed by atoms with van der Waals surface area (Å²) < 4.78 is 39.3. The molecule has 2 aromatic rings. The first kappa shape index (κ1) is 16.5. The Hall–Kier alpha value is -1.92. The molecule has 2 rings (SSSR count). The molecular formula is C16H19FN2O2S. The molecule has 0 heterocycles. The van der Waals surface area contributed by atoms with Crippen molar-refractivity contribution >= 4 is 15.7 Å². The maximum absolute atomic E-state index is 13.2. The van der Waals surface area contributed by atoms with E-state index < -0.39 is 15.8 Å². The lowest BCUT2D eigenvalue weighted by Gasteiger charge is -2.18. The van der Waals surface area contributed by atoms with Crippen LogP contribution in [0.1, 0.15) is 5.56 Å². The summed E-state index contributed by atoms with van der Waals surface area (Å²) in [6, 6.07) is 12.7. The summed E-state index contributed by atoms with van der Waals surface area (Å²) in [5.41, 5.74) is 1.91. The zero-order valence-electron chi connectivity index (χ0n) is 12.8. The van der Waals surface area contributed by atoms with Crippen LogP contribution in [0.5, 0.6) is 0 Å². The molecule has 0 fully saturated rings. The van der Waals surface area contributed by atoms with Crippen molar-refractivity contribution in [1.82, 2.24) is 4.31 Å². The quantitative estimate of drug-likeness (QED) is 0.850. The molecule has 0 radical (unpaired) electrons. The lowest BCUT2D eigenvalue weighted by Crippen LogP contribution is -2.26. The predicted octanol–water partition coefficient (Wildman–Crippen LogP) is 2.71. The topological polar surface area (TPSA) is 40.6 Å². The third kappa shape index (κ3) is 3.64. The highest BCUT2D eigenvalue weighted by atomic mass is 32.2. The number of hydrogen-bond donors (Lipinski definition) is 0. The Kier molecular flexibility index (Phi) is 4.83. The van der Waals surface area contributed by atoms with Gasteiger partial charge in [-0.1, -0.05) is 18.2 Å². The van der Waals surface area contributed by atoms with Crippen LogP contribution in [0, 0.1) is 5.82 Å². The van der Waals surface area contributed by atoms with E-state index >= 15 is 0 Å². The standard InChI is InChI=1S/C16H19FN2O2S/c1-18(2)15-9-7-13(8-10-15)12-19(3)22(20,21)16-6-4-5-14(17)11-16/h4-11H,12H2,1-3H3. The molecule has 6 heteroatoms. The number of sulfonamides is 1. The zero-order valence-corrected chi connectivity index (χ0v) is 13.6. The van der Waals surface area contributed by atoms with Gasteiger partial charge in [0, 0.05) is 33.4 Å². The maximum Gasteiger partial charge on any atom is 0.243 e. The number of anilines is 1. The molecule has 4 nitrogen and oxygen atoms in total. The van der Waals surface area contributed by atoms with Gasteiger partial charge < -0.3 is 4.90 Å². The molecule has 0 saturated heterocycles. The summed E-state index contributed by atoms with van der Waals surface area (Å²) >= 11 is 0. The third-order valence-electron chi connectivity index (χ3n) is 3.36. The first-order chi connectivity index (χ1) is 10.3. The fourth-order valence-electron chi connectivity index (χ4n) is 2.05. The van der Waals surface area contributed by atoms with Gasteiger partial charge in [-0.2, -0.15) is 4.31 Å². The predicted molar refractivity (Wildman–Crippen MR) is 85.8 cm³/mol. The molecule has 0 atom stereocenters. The van der Waals surface area contributed by atoms with E-state index in [0.717, 1.165) is 17.3 Å². The van der Waals surface area contributed by atoms with Crippen LogP contribution in [0.25, 0.3) is 0 Å². The molecular weight excluding hydrogens is 303 g/mol. The van der Waals surface area contributed by atoms with E-state index in [1.165, 1.54) is 29.6 Å². The van der Waals surface area contributed by atoms with Gasteiger partial charge >= 0.3 is 0 Å². The second-order valence-corrected chi connectivity index (χ2v) is 7.32. The normalized spacial score (nSPS) is 11.7. The molecule has 118 valence electrons. The van der Waals surface area contributed by atoms with Crippen molar-refractivity contribution in [2.45, 2.75) is 11.4 Å². The summed E-state index contributed by atoms with van der Waals surface area (Å²) in [5, 5.41) is 0. The van der Waals surface area contributed by atoms with Crippen molar-refractivity contribution in [2.24, 2.45) is 0 Å². The molecule has 0 amide bonds. The first-order valence-electron chi connectivity index (χ1n) is 6.79. The van der Waals surface area contributed by atoms with E-state index in [1.54, 1.807) is 0 Å². The summed E-state index contributed by atoms with van der Waals surface area (Å²) in [4.78, 5) is 1.93. The fraction of sp³-hybridized carbons (Fsp3) is 0.250. The molecule has 0 aliphatic rings. The minimum atomic E-state index is -3.70. The second-order valence-electron chi connectivity index (χ2n) is 5.28. The number of nitrogens with zero attached hydrogens (tertiary/aromatic N) is 2. The Labute approximate surface area is 130 Å². The number of benzene rings is 2. The molecule has 0 spiro atoms. The van der Waals surface area contributed by atoms with Gasteiger partial charge in [-0.3, -0.25) is 0 Å². The van der Waals surface area contributed by atoms with Crippen molar-refractivity contribution in [2.75, 3.05) is 26.0 Å². The van der Waals surface area contributed by atoms with Crippen molar-refractivity contribution in [3.05, 3.63) is 59.9 Å². The summed E-state index contributed by atoms with van der Waals surface area (Å²) in [7, 11) is 1.66. The van der Waals surface area contributed by atoms with E-state index in [9.17, 15) is 12.8 Å². The lowest BCUT2D eigenvalue weighted by atomic mass is 10.2. The van der Waals surface area contributed by atoms with Crippen molar-refractivity contribution in [3.63, 3.8) is 0 Å². The van der Waals surface area contributed by atoms with E-state index in [-0.39, 0.29) is 11.4 Å². The first-order valence-corrected chi connectivity index (χ1v) is 8.23. The Morgan fingerprint density at radius 3 is 2.18 bits per heavy atom. The fourth-order valence-corrected chi connectivity index (χ4v) is 3.24. The molecule has 22 heavy (non-hydrogen) atoms. The second kappa shape index (κ2) is 6.46. The monoisotopic (exact) mass is 322 g/mol. The molecule has 0 bridgehead atoms. The Morgan fingerprint density at radius 2 is 1.64 bits per heavy atom. The maximum atomic E-state index is 13.2. The lowest BCUT2D eigenvalue weighted by molar-refractivity contribution is 0.466. The van der Waals surface area contributed by atoms with Crippen LogP contribution in [0.2, 0.25) is 0 Å². The van der Waals surface area contributed by atoms with Gasteiger partial charge in [-0.05, 0) is 35.9 Å². The molecule has 0 N–H and O–H groups in total. The summed E-state index contributed by atoms with van der Waals surface area (Å²) in [5.74, 6) is -0.565. The van der Waals surface area contributed by atoms with Crippen LogP contribution in [0.4, 0.5) is 10.1 Å². The Bertz CT molecular complexity index is 743. The van der Waals surface area contributed by atoms with Gasteiger partial charge in [-0.25, -0.2) is 12.8 Å². The van der Waals surface area contributed by atoms with Crippen LogP contribution in [0.15, 0.2) is 53.4 Å². The van der Waals surface area contributed by atoms with Crippen LogP contribution in [0.3, 0.4) is 0 Å². The molecule has 0 saturated carbocycles. The van der Waals surface area contributed by atoms with E-state index in [2.05, 4.69) is 0 Å². The van der Waals surface area contributed by atoms with Crippen LogP contribution in [-0.4, -0.2) is 33.9 Å². The highest BCUT2D eigenvalue weighted by Crippen LogP contribution is 2.19. The molecule has 0 aromatic heterocycles. The highest BCUT2D eigenvalue weighted by Gasteiger charge is 2.21. The summed E-state index contributed by atoms with van der Waals surface area (Å²) in [6.45, 7) is 0.229. The molecule has 0 aliphatic heterocycles. The van der Waals surface area contributed by atoms with Gasteiger partial charge in [0.2, 0.25) is 10.0 Å². The van der Waals surface area contributed by atoms with Gasteiger partial charge in [0.25, 0.3) is 0 Å². The van der Waals surface area contributed by atoms with Crippen LogP contribution >= 0.6 is 0 Å². The Morgan fingerprint density at radius 1 is 1.00 bits per heavy atom. The highest BCUT2D eigenvalue weighted by molar-refractivity contribution is 7.89. The largest absolute Gasteiger partial charge is 0.378 e. The average Bonchev–Trinajstić information content (AvgIpc) is 2.47. The zero-order chi connectivity index (χ0) is 16.3. The van der Waals surface area contributed by atoms with Gasteiger partial charge in [-0.15, -0.1) is 0 Å². The number of rotatable bonds is 5. The van der Waals surface area contributed by atoms with Gasteiger partial charge in [0.1, 0.15) is 5.82 Å². The minimum absolute atomic E-state index is 0.0417. The minimum Gasteiger partial charge on any atom is -0.378 e. The van der Waals surface area contributed by atoms with E-state index in [1.807, 2.05) is 43.3 Å². The molecule has 0 unspecified atom stereocenters. The third-order valence-corrected chi connectivity index (χ3v) is 5.16. The SMILES string of the molecule is CN(C)c1ccc(CN(C)S(=O)(=O)c2cccc(F)c2)cc1. The van der Waals surface area contributed by atoms with E-state index in [4.69, 9.17) is 0 Å². The Balaban J connectivity index is 2.19. The smallest absolute Gasteiger partial charge is 0.243 e.